The lowest BCUT2D eigenvalue weighted by atomic mass is 9.69. The molecule has 0 amide bonds. The van der Waals surface area contributed by atoms with E-state index in [9.17, 15) is 0 Å². The summed E-state index contributed by atoms with van der Waals surface area (Å²) in [6.45, 7) is 0. The van der Waals surface area contributed by atoms with Crippen molar-refractivity contribution >= 4 is 43.1 Å². The van der Waals surface area contributed by atoms with E-state index in [1.807, 2.05) is 0 Å². The highest BCUT2D eigenvalue weighted by molar-refractivity contribution is 6.29. The van der Waals surface area contributed by atoms with Crippen LogP contribution in [0, 0.1) is 0 Å². The van der Waals surface area contributed by atoms with Crippen LogP contribution >= 0.6 is 0 Å². The summed E-state index contributed by atoms with van der Waals surface area (Å²) >= 11 is 0. The Balaban J connectivity index is 0.987. The van der Waals surface area contributed by atoms with Gasteiger partial charge in [-0.3, -0.25) is 0 Å². The summed E-state index contributed by atoms with van der Waals surface area (Å²) in [5, 5.41) is 10.3. The molecule has 0 radical (unpaired) electrons. The van der Waals surface area contributed by atoms with Crippen molar-refractivity contribution in [1.82, 2.24) is 0 Å². The fourth-order valence-corrected chi connectivity index (χ4v) is 12.7. The molecule has 1 spiro atoms. The molecule has 0 saturated carbocycles. The van der Waals surface area contributed by atoms with Gasteiger partial charge in [0.25, 0.3) is 0 Å². The molecule has 12 aromatic rings. The third-order valence-corrected chi connectivity index (χ3v) is 15.2. The predicted molar refractivity (Wildman–Crippen MR) is 274 cm³/mol. The monoisotopic (exact) mass is 818 g/mol. The smallest absolute Gasteiger partial charge is 0.0622 e. The highest BCUT2D eigenvalue weighted by Gasteiger charge is 2.52. The molecule has 3 aliphatic carbocycles. The van der Waals surface area contributed by atoms with Gasteiger partial charge in [0, 0.05) is 0 Å². The molecular formula is C65H38. The Morgan fingerprint density at radius 1 is 0.231 bits per heavy atom. The molecule has 0 heteroatoms. The summed E-state index contributed by atoms with van der Waals surface area (Å²) < 4.78 is 0. The topological polar surface area (TPSA) is 0 Å². The molecule has 0 saturated heterocycles. The van der Waals surface area contributed by atoms with Gasteiger partial charge in [-0.15, -0.1) is 0 Å². The van der Waals surface area contributed by atoms with E-state index < -0.39 is 5.41 Å². The zero-order valence-corrected chi connectivity index (χ0v) is 35.4. The summed E-state index contributed by atoms with van der Waals surface area (Å²) in [6, 6.07) is 87.0. The van der Waals surface area contributed by atoms with Crippen molar-refractivity contribution in [1.29, 1.82) is 0 Å². The van der Waals surface area contributed by atoms with Crippen molar-refractivity contribution in [2.45, 2.75) is 5.41 Å². The van der Waals surface area contributed by atoms with Crippen LogP contribution < -0.4 is 0 Å². The maximum atomic E-state index is 2.54. The number of hydrogen-bond donors (Lipinski definition) is 0. The molecule has 0 nitrogen and oxygen atoms in total. The first-order valence-electron chi connectivity index (χ1n) is 22.8. The second-order valence-electron chi connectivity index (χ2n) is 18.2. The second-order valence-corrected chi connectivity index (χ2v) is 18.2. The highest BCUT2D eigenvalue weighted by atomic mass is 14.5. The van der Waals surface area contributed by atoms with E-state index in [1.54, 1.807) is 0 Å². The van der Waals surface area contributed by atoms with Crippen LogP contribution in [-0.2, 0) is 5.41 Å². The largest absolute Gasteiger partial charge is 0.0731 e. The van der Waals surface area contributed by atoms with E-state index in [0.29, 0.717) is 0 Å². The van der Waals surface area contributed by atoms with Gasteiger partial charge in [0.2, 0.25) is 0 Å². The minimum atomic E-state index is -0.437. The third kappa shape index (κ3) is 4.51. The van der Waals surface area contributed by atoms with Crippen molar-refractivity contribution in [3.63, 3.8) is 0 Å². The average molecular weight is 819 g/mol. The Kier molecular flexibility index (Phi) is 6.97. The minimum absolute atomic E-state index is 0.437. The van der Waals surface area contributed by atoms with Crippen LogP contribution in [0.3, 0.4) is 0 Å². The molecule has 0 atom stereocenters. The average Bonchev–Trinajstić information content (AvgIpc) is 3.97. The lowest BCUT2D eigenvalue weighted by molar-refractivity contribution is 0.802. The SMILES string of the molecule is c1ccc(-c2c3c(c(-c4ccccc4)c4ccccc24)-c2ccc(-c4ccc5cc6c(cc5c4)C4(c5ccccc5-c5ccccc54)c4c-6ccc5ccccc45)c4cccc-3c24)cc1. The number of rotatable bonds is 3. The van der Waals surface area contributed by atoms with Crippen molar-refractivity contribution in [3.05, 3.63) is 253 Å². The van der Waals surface area contributed by atoms with E-state index in [0.717, 1.165) is 0 Å². The second kappa shape index (κ2) is 12.9. The van der Waals surface area contributed by atoms with E-state index in [-0.39, 0.29) is 0 Å². The molecule has 0 fully saturated rings. The first-order chi connectivity index (χ1) is 32.3. The van der Waals surface area contributed by atoms with Gasteiger partial charge in [-0.25, -0.2) is 0 Å². The lowest BCUT2D eigenvalue weighted by Gasteiger charge is -2.31. The minimum Gasteiger partial charge on any atom is -0.0622 e. The van der Waals surface area contributed by atoms with Gasteiger partial charge in [-0.2, -0.15) is 0 Å². The van der Waals surface area contributed by atoms with Gasteiger partial charge in [0.05, 0.1) is 5.41 Å². The summed E-state index contributed by atoms with van der Waals surface area (Å²) in [6.07, 6.45) is 0. The summed E-state index contributed by atoms with van der Waals surface area (Å²) in [4.78, 5) is 0. The molecule has 3 aliphatic rings. The molecule has 0 N–H and O–H groups in total. The van der Waals surface area contributed by atoms with Crippen LogP contribution in [0.4, 0.5) is 0 Å². The molecule has 0 unspecified atom stereocenters. The normalized spacial score (nSPS) is 13.4. The van der Waals surface area contributed by atoms with Gasteiger partial charge < -0.3 is 0 Å². The molecule has 0 aromatic heterocycles. The lowest BCUT2D eigenvalue weighted by Crippen LogP contribution is -2.26. The van der Waals surface area contributed by atoms with Crippen LogP contribution in [0.1, 0.15) is 22.3 Å². The quantitative estimate of drug-likeness (QED) is 0.167. The number of fused-ring (bicyclic) bond motifs is 17. The molecule has 0 aliphatic heterocycles. The first-order valence-corrected chi connectivity index (χ1v) is 22.8. The Labute approximate surface area is 377 Å². The van der Waals surface area contributed by atoms with E-state index in [4.69, 9.17) is 0 Å². The molecule has 0 bridgehead atoms. The highest BCUT2D eigenvalue weighted by Crippen LogP contribution is 2.65. The van der Waals surface area contributed by atoms with E-state index in [2.05, 4.69) is 231 Å². The van der Waals surface area contributed by atoms with Gasteiger partial charge in [-0.1, -0.05) is 212 Å². The first kappa shape index (κ1) is 35.2. The zero-order chi connectivity index (χ0) is 42.4. The molecule has 65 heavy (non-hydrogen) atoms. The molecular weight excluding hydrogens is 781 g/mol. The third-order valence-electron chi connectivity index (χ3n) is 15.2. The zero-order valence-electron chi connectivity index (χ0n) is 35.4. The van der Waals surface area contributed by atoms with Crippen molar-refractivity contribution in [2.24, 2.45) is 0 Å². The molecule has 298 valence electrons. The van der Waals surface area contributed by atoms with E-state index >= 15 is 0 Å². The van der Waals surface area contributed by atoms with Crippen LogP contribution in [0.5, 0.6) is 0 Å². The van der Waals surface area contributed by atoms with Crippen molar-refractivity contribution in [2.75, 3.05) is 0 Å². The Morgan fingerprint density at radius 3 is 1.45 bits per heavy atom. The summed E-state index contributed by atoms with van der Waals surface area (Å²) in [5.41, 5.74) is 23.3. The van der Waals surface area contributed by atoms with Gasteiger partial charge in [-0.05, 0) is 161 Å². The number of benzene rings is 12. The van der Waals surface area contributed by atoms with Gasteiger partial charge in [0.15, 0.2) is 0 Å². The fourth-order valence-electron chi connectivity index (χ4n) is 12.7. The van der Waals surface area contributed by atoms with Crippen LogP contribution in [0.25, 0.3) is 121 Å². The maximum Gasteiger partial charge on any atom is 0.0731 e. The molecule has 15 rings (SSSR count). The van der Waals surface area contributed by atoms with Crippen molar-refractivity contribution < 1.29 is 0 Å². The number of hydrogen-bond acceptors (Lipinski definition) is 0. The Bertz CT molecular complexity index is 3900. The fraction of sp³-hybridized carbons (Fsp3) is 0.0154. The summed E-state index contributed by atoms with van der Waals surface area (Å²) in [5.74, 6) is 0. The van der Waals surface area contributed by atoms with Crippen LogP contribution in [0.2, 0.25) is 0 Å². The Morgan fingerprint density at radius 2 is 0.754 bits per heavy atom. The molecule has 0 heterocycles. The predicted octanol–water partition coefficient (Wildman–Crippen LogP) is 17.3. The van der Waals surface area contributed by atoms with Crippen LogP contribution in [0.15, 0.2) is 231 Å². The van der Waals surface area contributed by atoms with Gasteiger partial charge >= 0.3 is 0 Å². The van der Waals surface area contributed by atoms with Gasteiger partial charge in [0.1, 0.15) is 0 Å². The van der Waals surface area contributed by atoms with Crippen molar-refractivity contribution in [3.8, 4) is 77.9 Å². The summed E-state index contributed by atoms with van der Waals surface area (Å²) in [7, 11) is 0. The van der Waals surface area contributed by atoms with E-state index in [1.165, 1.54) is 143 Å². The van der Waals surface area contributed by atoms with Crippen LogP contribution in [-0.4, -0.2) is 0 Å². The maximum absolute atomic E-state index is 2.54. The standard InChI is InChI=1S/C65H38/c1-3-17-40(18-4-1)59-50-24-9-10-25-51(50)60(41-19-5-2-6-20-41)63-54-35-34-45(49-26-15-27-53(61(49)54)62(59)63)43-31-30-42-37-55-52-33-32-39-16-7-8-21-46(39)64(52)65(58(55)38-44(42)36-43)56-28-13-11-22-47(56)48-23-12-14-29-57(48)65/h1-38H. The molecule has 12 aromatic carbocycles. The Hall–Kier alpha value is -8.32.